The Hall–Kier alpha value is -0.207. The Kier molecular flexibility index (Phi) is 9.05. The summed E-state index contributed by atoms with van der Waals surface area (Å²) in [6.45, 7) is 0. The van der Waals surface area contributed by atoms with E-state index in [0.717, 1.165) is 0 Å². The molecule has 0 unspecified atom stereocenters. The molecule has 96 valence electrons. The monoisotopic (exact) mass is 450 g/mol. The van der Waals surface area contributed by atoms with Gasteiger partial charge in [0.15, 0.2) is 17.4 Å². The van der Waals surface area contributed by atoms with Gasteiger partial charge in [-0.1, -0.05) is 0 Å². The zero-order chi connectivity index (χ0) is 12.1. The van der Waals surface area contributed by atoms with Gasteiger partial charge in [-0.3, -0.25) is 0 Å². The molecular weight excluding hydrogens is 439 g/mol. The summed E-state index contributed by atoms with van der Waals surface area (Å²) in [7, 11) is -4.17. The summed E-state index contributed by atoms with van der Waals surface area (Å²) in [5.74, 6) is 0.125. The summed E-state index contributed by atoms with van der Waals surface area (Å²) in [4.78, 5) is 25.9. The molecule has 13 heteroatoms. The summed E-state index contributed by atoms with van der Waals surface area (Å²) in [5.41, 5.74) is 15.4. The maximum atomic E-state index is 9.46. The summed E-state index contributed by atoms with van der Waals surface area (Å²) >= 11 is 1.29. The largest absolute Gasteiger partial charge is 0.187 e. The van der Waals surface area contributed by atoms with Crippen molar-refractivity contribution < 1.29 is 38.8 Å². The van der Waals surface area contributed by atoms with Gasteiger partial charge in [0.05, 0.1) is 0 Å². The van der Waals surface area contributed by atoms with Gasteiger partial charge in [0.1, 0.15) is 0 Å². The third kappa shape index (κ3) is 10.3. The predicted octanol–water partition coefficient (Wildman–Crippen LogP) is -3.01. The van der Waals surface area contributed by atoms with Gasteiger partial charge in [-0.2, -0.15) is 15.0 Å². The fraction of sp³-hybridized carbons (Fsp3) is 0. The molecule has 0 radical (unpaired) electrons. The van der Waals surface area contributed by atoms with Gasteiger partial charge in [0.25, 0.3) is 0 Å². The van der Waals surface area contributed by atoms with Crippen molar-refractivity contribution in [1.82, 2.24) is 15.0 Å². The number of rotatable bonds is 1. The van der Waals surface area contributed by atoms with E-state index in [4.69, 9.17) is 27.0 Å². The average Bonchev–Trinajstić information content (AvgIpc) is 2.01. The van der Waals surface area contributed by atoms with E-state index in [9.17, 15) is 4.57 Å². The van der Waals surface area contributed by atoms with Gasteiger partial charge < -0.3 is 17.2 Å². The summed E-state index contributed by atoms with van der Waals surface area (Å²) in [6, 6.07) is 0. The molecule has 16 heavy (non-hydrogen) atoms. The molecule has 0 bridgehead atoms. The van der Waals surface area contributed by atoms with E-state index in [1.807, 2.05) is 0 Å². The van der Waals surface area contributed by atoms with E-state index in [-0.39, 0.29) is 35.2 Å². The third-order valence-electron chi connectivity index (χ3n) is 0.759. The van der Waals surface area contributed by atoms with Crippen molar-refractivity contribution in [3.05, 3.63) is 0 Å². The van der Waals surface area contributed by atoms with Crippen molar-refractivity contribution >= 4 is 43.0 Å². The van der Waals surface area contributed by atoms with Crippen molar-refractivity contribution in [2.24, 2.45) is 0 Å². The minimum Gasteiger partial charge on any atom is 0.187 e. The van der Waals surface area contributed by atoms with Crippen molar-refractivity contribution in [2.75, 3.05) is 17.2 Å². The molecule has 10 nitrogen and oxygen atoms in total. The molecular formula is C3H11AlAuN6O4P. The number of nitrogens with two attached hydrogens (primary N) is 3. The molecule has 0 saturated carbocycles. The quantitative estimate of drug-likeness (QED) is 0.218. The second-order valence-electron chi connectivity index (χ2n) is 1.96. The number of aromatic nitrogens is 3. The van der Waals surface area contributed by atoms with Crippen LogP contribution in [0.3, 0.4) is 0 Å². The molecule has 0 spiro atoms. The molecule has 0 fully saturated rings. The van der Waals surface area contributed by atoms with Crippen LogP contribution in [0.15, 0.2) is 0 Å². The van der Waals surface area contributed by atoms with Crippen molar-refractivity contribution in [3.8, 4) is 0 Å². The molecule has 0 atom stereocenters. The van der Waals surface area contributed by atoms with E-state index in [1.54, 1.807) is 0 Å². The minimum atomic E-state index is -4.17. The summed E-state index contributed by atoms with van der Waals surface area (Å²) in [6.07, 6.45) is 0. The van der Waals surface area contributed by atoms with Crippen LogP contribution in [0.4, 0.5) is 17.8 Å². The van der Waals surface area contributed by atoms with Gasteiger partial charge in [0, 0.05) is 0 Å². The molecule has 0 saturated heterocycles. The maximum absolute atomic E-state index is 9.46. The van der Waals surface area contributed by atoms with Crippen molar-refractivity contribution in [3.63, 3.8) is 0 Å². The van der Waals surface area contributed by atoms with E-state index >= 15 is 0 Å². The van der Waals surface area contributed by atoms with Gasteiger partial charge in [0.2, 0.25) is 17.8 Å². The number of nitrogen functional groups attached to an aromatic ring is 3. The first kappa shape index (κ1) is 18.2. The minimum absolute atomic E-state index is 0. The fourth-order valence-electron chi connectivity index (χ4n) is 0.427. The molecule has 0 aromatic carbocycles. The van der Waals surface area contributed by atoms with E-state index < -0.39 is 7.82 Å². The molecule has 0 aliphatic carbocycles. The Labute approximate surface area is 114 Å². The van der Waals surface area contributed by atoms with E-state index in [0.29, 0.717) is 0 Å². The number of anilines is 3. The second kappa shape index (κ2) is 7.97. The second-order valence-corrected chi connectivity index (χ2v) is 4.23. The van der Waals surface area contributed by atoms with Crippen molar-refractivity contribution in [1.29, 1.82) is 0 Å². The van der Waals surface area contributed by atoms with Crippen LogP contribution in [0, 0.1) is 0 Å². The SMILES string of the molecule is Nc1nc(N)nc(N)n1.O=P(O)(O)[O][Au].[AlH3]. The molecule has 1 aromatic heterocycles. The summed E-state index contributed by atoms with van der Waals surface area (Å²) in [5, 5.41) is 0. The van der Waals surface area contributed by atoms with Crippen LogP contribution in [0.2, 0.25) is 0 Å². The topological polar surface area (TPSA) is 183 Å². The Morgan fingerprint density at radius 2 is 1.25 bits per heavy atom. The Morgan fingerprint density at radius 1 is 1.06 bits per heavy atom. The van der Waals surface area contributed by atoms with Crippen LogP contribution in [0.5, 0.6) is 0 Å². The third-order valence-corrected chi connectivity index (χ3v) is 2.45. The molecule has 1 rings (SSSR count). The maximum Gasteiger partial charge on any atom is 0.187 e. The van der Waals surface area contributed by atoms with Crippen LogP contribution in [0.25, 0.3) is 0 Å². The smallest absolute Gasteiger partial charge is 0.187 e. The first-order chi connectivity index (χ1) is 6.74. The van der Waals surface area contributed by atoms with Crippen LogP contribution < -0.4 is 17.2 Å². The fourth-order valence-corrected chi connectivity index (χ4v) is 0.427. The zero-order valence-electron chi connectivity index (χ0n) is 7.03. The van der Waals surface area contributed by atoms with Gasteiger partial charge in [-0.05, 0) is 0 Å². The number of hydrogen-bond donors (Lipinski definition) is 5. The predicted molar refractivity (Wildman–Crippen MR) is 56.1 cm³/mol. The molecule has 0 amide bonds. The van der Waals surface area contributed by atoms with E-state index in [1.165, 1.54) is 21.5 Å². The Morgan fingerprint density at radius 3 is 1.38 bits per heavy atom. The molecule has 1 heterocycles. The normalized spacial score (nSPS) is 9.75. The van der Waals surface area contributed by atoms with E-state index in [2.05, 4.69) is 18.0 Å². The van der Waals surface area contributed by atoms with Gasteiger partial charge >= 0.3 is 46.7 Å². The molecule has 0 aliphatic heterocycles. The standard InChI is InChI=1S/C3H6N6.Al.Au.H3O4P.3H/c4-1-7-2(5)9-3(6)8-1;;;1-5(2,3)4;;;/h(H6,4,5,6,7,8,9);;;(H3,1,2,3,4);;;/q;;+1;;;;/p-1. The van der Waals surface area contributed by atoms with Crippen LogP contribution in [-0.2, 0) is 29.1 Å². The van der Waals surface area contributed by atoms with Crippen LogP contribution in [-0.4, -0.2) is 42.1 Å². The zero-order valence-corrected chi connectivity index (χ0v) is 10.1. The average molecular weight is 450 g/mol. The van der Waals surface area contributed by atoms with Crippen LogP contribution in [0.1, 0.15) is 0 Å². The molecule has 1 aromatic rings. The number of hydrogen-bond acceptors (Lipinski definition) is 8. The first-order valence-corrected chi connectivity index (χ1v) is 5.51. The molecule has 8 N–H and O–H groups in total. The number of nitrogens with zero attached hydrogens (tertiary/aromatic N) is 3. The number of phosphoric acid groups is 1. The first-order valence-electron chi connectivity index (χ1n) is 3.10. The summed E-state index contributed by atoms with van der Waals surface area (Å²) < 4.78 is 13.0. The van der Waals surface area contributed by atoms with Gasteiger partial charge in [-0.25, -0.2) is 0 Å². The van der Waals surface area contributed by atoms with Crippen LogP contribution >= 0.6 is 7.82 Å². The Balaban J connectivity index is 0. The van der Waals surface area contributed by atoms with Crippen molar-refractivity contribution in [2.45, 2.75) is 0 Å². The van der Waals surface area contributed by atoms with Gasteiger partial charge in [-0.15, -0.1) is 0 Å². The molecule has 0 aliphatic rings. The Bertz CT molecular complexity index is 324.